The first-order valence-corrected chi connectivity index (χ1v) is 12.8. The van der Waals surface area contributed by atoms with Gasteiger partial charge in [0.05, 0.1) is 18.0 Å². The molecule has 0 saturated carbocycles. The molecule has 0 spiro atoms. The average Bonchev–Trinajstić information content (AvgIpc) is 3.27. The van der Waals surface area contributed by atoms with Gasteiger partial charge < -0.3 is 10.6 Å². The molecule has 190 valence electrons. The van der Waals surface area contributed by atoms with Crippen LogP contribution >= 0.6 is 11.8 Å². The Bertz CT molecular complexity index is 1470. The highest BCUT2D eigenvalue weighted by atomic mass is 32.2. The van der Waals surface area contributed by atoms with Gasteiger partial charge in [-0.1, -0.05) is 42.1 Å². The highest BCUT2D eigenvalue weighted by Crippen LogP contribution is 2.26. The number of aryl methyl sites for hydroxylation is 4. The molecule has 2 amide bonds. The summed E-state index contributed by atoms with van der Waals surface area (Å²) in [6.07, 6.45) is 0. The molecule has 9 heteroatoms. The van der Waals surface area contributed by atoms with Crippen molar-refractivity contribution in [2.24, 2.45) is 0 Å². The van der Waals surface area contributed by atoms with E-state index >= 15 is 0 Å². The molecule has 4 aromatic rings. The molecule has 0 radical (unpaired) electrons. The highest BCUT2D eigenvalue weighted by Gasteiger charge is 2.19. The summed E-state index contributed by atoms with van der Waals surface area (Å²) in [5.74, 6) is -0.432. The molecule has 1 aromatic heterocycles. The molecule has 0 bridgehead atoms. The normalized spacial score (nSPS) is 10.8. The number of benzene rings is 3. The zero-order valence-electron chi connectivity index (χ0n) is 21.1. The van der Waals surface area contributed by atoms with Crippen LogP contribution < -0.4 is 10.6 Å². The molecular formula is C28H28FN5O2S. The third-order valence-electron chi connectivity index (χ3n) is 5.80. The molecule has 2 N–H and O–H groups in total. The maximum Gasteiger partial charge on any atom is 0.251 e. The minimum atomic E-state index is -0.482. The SMILES string of the molecule is Cc1ccc(C)c(NC(=O)CSc2nnc(CNC(=O)c3cccc(F)c3)n2-c2cc(C)ccc2C)c1. The van der Waals surface area contributed by atoms with Crippen LogP contribution in [0, 0.1) is 33.5 Å². The fourth-order valence-corrected chi connectivity index (χ4v) is 4.55. The molecule has 1 heterocycles. The van der Waals surface area contributed by atoms with Crippen LogP contribution in [-0.4, -0.2) is 32.3 Å². The Morgan fingerprint density at radius 3 is 2.41 bits per heavy atom. The smallest absolute Gasteiger partial charge is 0.251 e. The number of nitrogens with zero attached hydrogens (tertiary/aromatic N) is 3. The van der Waals surface area contributed by atoms with Gasteiger partial charge in [-0.2, -0.15) is 0 Å². The van der Waals surface area contributed by atoms with Crippen LogP contribution in [0.25, 0.3) is 5.69 Å². The summed E-state index contributed by atoms with van der Waals surface area (Å²) in [5.41, 5.74) is 5.94. The molecule has 3 aromatic carbocycles. The number of thioether (sulfide) groups is 1. The fraction of sp³-hybridized carbons (Fsp3) is 0.214. The van der Waals surface area contributed by atoms with Crippen LogP contribution in [-0.2, 0) is 11.3 Å². The van der Waals surface area contributed by atoms with E-state index in [1.165, 1.54) is 30.0 Å². The zero-order valence-corrected chi connectivity index (χ0v) is 21.9. The first kappa shape index (κ1) is 26.1. The van der Waals surface area contributed by atoms with E-state index in [0.29, 0.717) is 11.0 Å². The van der Waals surface area contributed by atoms with Gasteiger partial charge in [0.25, 0.3) is 5.91 Å². The molecule has 0 aliphatic carbocycles. The minimum Gasteiger partial charge on any atom is -0.345 e. The van der Waals surface area contributed by atoms with Crippen molar-refractivity contribution >= 4 is 29.3 Å². The van der Waals surface area contributed by atoms with Crippen molar-refractivity contribution in [1.29, 1.82) is 0 Å². The monoisotopic (exact) mass is 517 g/mol. The van der Waals surface area contributed by atoms with Crippen molar-refractivity contribution in [1.82, 2.24) is 20.1 Å². The van der Waals surface area contributed by atoms with Crippen LogP contribution in [0.4, 0.5) is 10.1 Å². The maximum absolute atomic E-state index is 13.5. The number of amides is 2. The standard InChI is InChI=1S/C28H28FN5O2S/c1-17-8-10-19(3)23(12-17)31-26(35)16-37-28-33-32-25(34(28)24-13-18(2)9-11-20(24)4)15-30-27(36)21-6-5-7-22(29)14-21/h5-14H,15-16H2,1-4H3,(H,30,36)(H,31,35). The Labute approximate surface area is 219 Å². The lowest BCUT2D eigenvalue weighted by molar-refractivity contribution is -0.113. The Balaban J connectivity index is 1.55. The molecule has 0 aliphatic heterocycles. The highest BCUT2D eigenvalue weighted by molar-refractivity contribution is 7.99. The molecule has 37 heavy (non-hydrogen) atoms. The second kappa shape index (κ2) is 11.4. The first-order valence-electron chi connectivity index (χ1n) is 11.8. The molecule has 4 rings (SSSR count). The van der Waals surface area contributed by atoms with Gasteiger partial charge in [-0.15, -0.1) is 10.2 Å². The van der Waals surface area contributed by atoms with Crippen LogP contribution in [0.1, 0.15) is 38.4 Å². The third-order valence-corrected chi connectivity index (χ3v) is 6.73. The van der Waals surface area contributed by atoms with Crippen molar-refractivity contribution in [3.63, 3.8) is 0 Å². The average molecular weight is 518 g/mol. The van der Waals surface area contributed by atoms with E-state index in [1.807, 2.05) is 68.7 Å². The van der Waals surface area contributed by atoms with Gasteiger partial charge in [-0.25, -0.2) is 4.39 Å². The Morgan fingerprint density at radius 2 is 1.65 bits per heavy atom. The third kappa shape index (κ3) is 6.42. The van der Waals surface area contributed by atoms with E-state index in [-0.39, 0.29) is 23.8 Å². The van der Waals surface area contributed by atoms with Crippen molar-refractivity contribution in [3.8, 4) is 5.69 Å². The fourth-order valence-electron chi connectivity index (χ4n) is 3.79. The Kier molecular flexibility index (Phi) is 8.03. The summed E-state index contributed by atoms with van der Waals surface area (Å²) in [7, 11) is 0. The number of nitrogens with one attached hydrogen (secondary N) is 2. The summed E-state index contributed by atoms with van der Waals surface area (Å²) in [5, 5.41) is 14.9. The number of rotatable bonds is 8. The van der Waals surface area contributed by atoms with Crippen LogP contribution in [0.5, 0.6) is 0 Å². The predicted octanol–water partition coefficient (Wildman–Crippen LogP) is 5.30. The quantitative estimate of drug-likeness (QED) is 0.310. The molecule has 0 unspecified atom stereocenters. The number of hydrogen-bond donors (Lipinski definition) is 2. The summed E-state index contributed by atoms with van der Waals surface area (Å²) >= 11 is 1.26. The predicted molar refractivity (Wildman–Crippen MR) is 144 cm³/mol. The van der Waals surface area contributed by atoms with Gasteiger partial charge in [0, 0.05) is 11.3 Å². The van der Waals surface area contributed by atoms with E-state index in [1.54, 1.807) is 6.07 Å². The van der Waals surface area contributed by atoms with E-state index in [9.17, 15) is 14.0 Å². The lowest BCUT2D eigenvalue weighted by atomic mass is 10.1. The van der Waals surface area contributed by atoms with Crippen molar-refractivity contribution in [2.45, 2.75) is 39.4 Å². The van der Waals surface area contributed by atoms with Gasteiger partial charge in [-0.05, 0) is 80.3 Å². The molecule has 0 aliphatic rings. The Hall–Kier alpha value is -3.98. The second-order valence-corrected chi connectivity index (χ2v) is 9.81. The summed E-state index contributed by atoms with van der Waals surface area (Å²) < 4.78 is 15.4. The van der Waals surface area contributed by atoms with Crippen LogP contribution in [0.2, 0.25) is 0 Å². The lowest BCUT2D eigenvalue weighted by Gasteiger charge is -2.14. The minimum absolute atomic E-state index is 0.0744. The zero-order chi connectivity index (χ0) is 26.5. The number of hydrogen-bond acceptors (Lipinski definition) is 5. The van der Waals surface area contributed by atoms with Crippen molar-refractivity contribution in [2.75, 3.05) is 11.1 Å². The summed E-state index contributed by atoms with van der Waals surface area (Å²) in [4.78, 5) is 25.3. The molecule has 0 saturated heterocycles. The maximum atomic E-state index is 13.5. The molecule has 0 atom stereocenters. The number of anilines is 1. The number of aromatic nitrogens is 3. The van der Waals surface area contributed by atoms with E-state index in [2.05, 4.69) is 20.8 Å². The van der Waals surface area contributed by atoms with E-state index in [4.69, 9.17) is 0 Å². The van der Waals surface area contributed by atoms with Gasteiger partial charge in [0.15, 0.2) is 11.0 Å². The largest absolute Gasteiger partial charge is 0.345 e. The molecule has 7 nitrogen and oxygen atoms in total. The van der Waals surface area contributed by atoms with Gasteiger partial charge in [-0.3, -0.25) is 14.2 Å². The van der Waals surface area contributed by atoms with E-state index < -0.39 is 11.7 Å². The summed E-state index contributed by atoms with van der Waals surface area (Å²) in [6, 6.07) is 17.4. The number of carbonyl (C=O) groups excluding carboxylic acids is 2. The summed E-state index contributed by atoms with van der Waals surface area (Å²) in [6.45, 7) is 7.97. The van der Waals surface area contributed by atoms with Gasteiger partial charge in [0.2, 0.25) is 5.91 Å². The van der Waals surface area contributed by atoms with Gasteiger partial charge in [0.1, 0.15) is 5.82 Å². The van der Waals surface area contributed by atoms with E-state index in [0.717, 1.165) is 33.6 Å². The number of halogens is 1. The second-order valence-electron chi connectivity index (χ2n) is 8.87. The van der Waals surface area contributed by atoms with Crippen molar-refractivity contribution in [3.05, 3.63) is 100 Å². The number of carbonyl (C=O) groups is 2. The Morgan fingerprint density at radius 1 is 0.919 bits per heavy atom. The van der Waals surface area contributed by atoms with Crippen LogP contribution in [0.15, 0.2) is 65.8 Å². The molecule has 0 fully saturated rings. The lowest BCUT2D eigenvalue weighted by Crippen LogP contribution is -2.25. The topological polar surface area (TPSA) is 88.9 Å². The van der Waals surface area contributed by atoms with Crippen molar-refractivity contribution < 1.29 is 14.0 Å². The first-order chi connectivity index (χ1) is 17.7. The van der Waals surface area contributed by atoms with Gasteiger partial charge >= 0.3 is 0 Å². The van der Waals surface area contributed by atoms with Crippen LogP contribution in [0.3, 0.4) is 0 Å². The molecular weight excluding hydrogens is 489 g/mol.